The highest BCUT2D eigenvalue weighted by Crippen LogP contribution is 2.34. The molecule has 0 aliphatic heterocycles. The molecule has 1 fully saturated rings. The molecule has 0 aromatic heterocycles. The van der Waals surface area contributed by atoms with Gasteiger partial charge in [0.1, 0.15) is 5.54 Å². The first-order valence-electron chi connectivity index (χ1n) is 6.13. The zero-order chi connectivity index (χ0) is 11.4. The topological polar surface area (TPSA) is 29.1 Å². The molecule has 86 valence electrons. The third kappa shape index (κ3) is 1.90. The summed E-state index contributed by atoms with van der Waals surface area (Å²) in [6.45, 7) is 2.90. The first-order valence-corrected chi connectivity index (χ1v) is 6.13. The van der Waals surface area contributed by atoms with Gasteiger partial charge >= 0.3 is 0 Å². The molecule has 0 amide bonds. The van der Waals surface area contributed by atoms with Gasteiger partial charge in [0.25, 0.3) is 0 Å². The number of carbonyl (C=O) groups excluding carboxylic acids is 1. The third-order valence-electron chi connectivity index (χ3n) is 3.43. The van der Waals surface area contributed by atoms with Crippen LogP contribution in [0.3, 0.4) is 0 Å². The molecule has 1 N–H and O–H groups in total. The van der Waals surface area contributed by atoms with Crippen molar-refractivity contribution in [2.24, 2.45) is 0 Å². The summed E-state index contributed by atoms with van der Waals surface area (Å²) >= 11 is 0. The molecule has 16 heavy (non-hydrogen) atoms. The normalized spacial score (nSPS) is 25.7. The summed E-state index contributed by atoms with van der Waals surface area (Å²) in [5.74, 6) is 0.354. The molecule has 0 bridgehead atoms. The second-order valence-corrected chi connectivity index (χ2v) is 4.43. The zero-order valence-electron chi connectivity index (χ0n) is 9.83. The first kappa shape index (κ1) is 11.3. The van der Waals surface area contributed by atoms with Gasteiger partial charge < -0.3 is 5.32 Å². The minimum absolute atomic E-state index is 0.354. The van der Waals surface area contributed by atoms with E-state index in [1.165, 1.54) is 0 Å². The van der Waals surface area contributed by atoms with Crippen molar-refractivity contribution in [2.75, 3.05) is 6.54 Å². The molecule has 1 aromatic carbocycles. The van der Waals surface area contributed by atoms with Gasteiger partial charge in [-0.05, 0) is 24.9 Å². The van der Waals surface area contributed by atoms with Crippen LogP contribution in [-0.2, 0) is 10.3 Å². The van der Waals surface area contributed by atoms with Crippen molar-refractivity contribution in [3.8, 4) is 0 Å². The summed E-state index contributed by atoms with van der Waals surface area (Å²) < 4.78 is 0. The highest BCUT2D eigenvalue weighted by molar-refractivity contribution is 5.90. The van der Waals surface area contributed by atoms with Crippen LogP contribution >= 0.6 is 0 Å². The molecule has 0 radical (unpaired) electrons. The lowest BCUT2D eigenvalue weighted by atomic mass is 9.75. The number of nitrogens with one attached hydrogen (secondary N) is 1. The van der Waals surface area contributed by atoms with Crippen LogP contribution in [0.15, 0.2) is 30.3 Å². The average molecular weight is 217 g/mol. The Morgan fingerprint density at radius 1 is 1.25 bits per heavy atom. The highest BCUT2D eigenvalue weighted by atomic mass is 16.1. The van der Waals surface area contributed by atoms with E-state index < -0.39 is 5.54 Å². The summed E-state index contributed by atoms with van der Waals surface area (Å²) in [5.41, 5.74) is 0.718. The van der Waals surface area contributed by atoms with Crippen LogP contribution in [0.25, 0.3) is 0 Å². The smallest absolute Gasteiger partial charge is 0.157 e. The third-order valence-corrected chi connectivity index (χ3v) is 3.43. The monoisotopic (exact) mass is 217 g/mol. The first-order chi connectivity index (χ1) is 7.79. The molecule has 0 saturated heterocycles. The predicted molar refractivity (Wildman–Crippen MR) is 65.3 cm³/mol. The second kappa shape index (κ2) is 4.79. The molecule has 1 atom stereocenters. The maximum atomic E-state index is 12.2. The minimum Gasteiger partial charge on any atom is -0.302 e. The van der Waals surface area contributed by atoms with E-state index in [0.717, 1.165) is 31.4 Å². The number of hydrogen-bond donors (Lipinski definition) is 1. The SMILES string of the molecule is CCN[C@@]1(c2ccccc2)CCCCC1=O. The van der Waals surface area contributed by atoms with Crippen LogP contribution in [0.4, 0.5) is 0 Å². The van der Waals surface area contributed by atoms with E-state index in [1.807, 2.05) is 18.2 Å². The number of hydrogen-bond acceptors (Lipinski definition) is 2. The maximum Gasteiger partial charge on any atom is 0.157 e. The van der Waals surface area contributed by atoms with E-state index in [0.29, 0.717) is 12.2 Å². The summed E-state index contributed by atoms with van der Waals surface area (Å²) in [5, 5.41) is 3.41. The van der Waals surface area contributed by atoms with Gasteiger partial charge in [0.05, 0.1) is 0 Å². The Bertz CT molecular complexity index is 356. The number of likely N-dealkylation sites (N-methyl/N-ethyl adjacent to an activating group) is 1. The van der Waals surface area contributed by atoms with E-state index in [-0.39, 0.29) is 0 Å². The van der Waals surface area contributed by atoms with Crippen molar-refractivity contribution in [1.29, 1.82) is 0 Å². The largest absolute Gasteiger partial charge is 0.302 e. The summed E-state index contributed by atoms with van der Waals surface area (Å²) in [4.78, 5) is 12.2. The van der Waals surface area contributed by atoms with Gasteiger partial charge in [-0.2, -0.15) is 0 Å². The van der Waals surface area contributed by atoms with Crippen molar-refractivity contribution in [2.45, 2.75) is 38.1 Å². The summed E-state index contributed by atoms with van der Waals surface area (Å²) in [6.07, 6.45) is 3.82. The Morgan fingerprint density at radius 3 is 2.62 bits per heavy atom. The van der Waals surface area contributed by atoms with Crippen LogP contribution in [0.1, 0.15) is 38.2 Å². The Balaban J connectivity index is 2.38. The Kier molecular flexibility index (Phi) is 3.39. The number of benzene rings is 1. The number of rotatable bonds is 3. The molecular weight excluding hydrogens is 198 g/mol. The Labute approximate surface area is 97.1 Å². The van der Waals surface area contributed by atoms with E-state index >= 15 is 0 Å². The van der Waals surface area contributed by atoms with Crippen LogP contribution in [-0.4, -0.2) is 12.3 Å². The quantitative estimate of drug-likeness (QED) is 0.843. The Morgan fingerprint density at radius 2 is 2.00 bits per heavy atom. The lowest BCUT2D eigenvalue weighted by Gasteiger charge is -2.37. The van der Waals surface area contributed by atoms with Crippen molar-refractivity contribution < 1.29 is 4.79 Å². The van der Waals surface area contributed by atoms with Crippen LogP contribution in [0.5, 0.6) is 0 Å². The Hall–Kier alpha value is -1.15. The fourth-order valence-corrected chi connectivity index (χ4v) is 2.65. The molecule has 1 aromatic rings. The second-order valence-electron chi connectivity index (χ2n) is 4.43. The van der Waals surface area contributed by atoms with Gasteiger partial charge in [-0.15, -0.1) is 0 Å². The van der Waals surface area contributed by atoms with Gasteiger partial charge in [-0.3, -0.25) is 4.79 Å². The zero-order valence-corrected chi connectivity index (χ0v) is 9.83. The standard InChI is InChI=1S/C14H19NO/c1-2-15-14(11-7-6-10-13(14)16)12-8-4-3-5-9-12/h3-5,8-9,15H,2,6-7,10-11H2,1H3/t14-/m1/s1. The van der Waals surface area contributed by atoms with E-state index in [2.05, 4.69) is 24.4 Å². The molecular formula is C14H19NO. The van der Waals surface area contributed by atoms with E-state index in [1.54, 1.807) is 0 Å². The van der Waals surface area contributed by atoms with Crippen LogP contribution in [0.2, 0.25) is 0 Å². The minimum atomic E-state index is -0.408. The van der Waals surface area contributed by atoms with E-state index in [4.69, 9.17) is 0 Å². The van der Waals surface area contributed by atoms with Gasteiger partial charge in [-0.25, -0.2) is 0 Å². The number of ketones is 1. The van der Waals surface area contributed by atoms with Gasteiger partial charge in [0.15, 0.2) is 5.78 Å². The van der Waals surface area contributed by atoms with Gasteiger partial charge in [0.2, 0.25) is 0 Å². The molecule has 2 rings (SSSR count). The van der Waals surface area contributed by atoms with Crippen molar-refractivity contribution in [3.63, 3.8) is 0 Å². The molecule has 1 saturated carbocycles. The van der Waals surface area contributed by atoms with Crippen molar-refractivity contribution in [1.82, 2.24) is 5.32 Å². The lowest BCUT2D eigenvalue weighted by molar-refractivity contribution is -0.128. The fraction of sp³-hybridized carbons (Fsp3) is 0.500. The van der Waals surface area contributed by atoms with Crippen LogP contribution in [0, 0.1) is 0 Å². The molecule has 0 unspecified atom stereocenters. The number of Topliss-reactive ketones (excluding diaryl/α,β-unsaturated/α-hetero) is 1. The lowest BCUT2D eigenvalue weighted by Crippen LogP contribution is -2.50. The average Bonchev–Trinajstić information content (AvgIpc) is 2.34. The van der Waals surface area contributed by atoms with Crippen molar-refractivity contribution in [3.05, 3.63) is 35.9 Å². The highest BCUT2D eigenvalue weighted by Gasteiger charge is 2.40. The summed E-state index contributed by atoms with van der Waals surface area (Å²) in [6, 6.07) is 10.1. The predicted octanol–water partition coefficient (Wildman–Crippen LogP) is 2.63. The molecule has 1 aliphatic rings. The molecule has 2 nitrogen and oxygen atoms in total. The van der Waals surface area contributed by atoms with Gasteiger partial charge in [-0.1, -0.05) is 43.7 Å². The van der Waals surface area contributed by atoms with Crippen LogP contribution < -0.4 is 5.32 Å². The van der Waals surface area contributed by atoms with Gasteiger partial charge in [0, 0.05) is 6.42 Å². The summed E-state index contributed by atoms with van der Waals surface area (Å²) in [7, 11) is 0. The number of carbonyl (C=O) groups is 1. The molecule has 0 heterocycles. The molecule has 0 spiro atoms. The maximum absolute atomic E-state index is 12.2. The van der Waals surface area contributed by atoms with Crippen molar-refractivity contribution >= 4 is 5.78 Å². The molecule has 1 aliphatic carbocycles. The molecule has 2 heteroatoms. The van der Waals surface area contributed by atoms with E-state index in [9.17, 15) is 4.79 Å². The fourth-order valence-electron chi connectivity index (χ4n) is 2.65.